The maximum atomic E-state index is 11.8. The van der Waals surface area contributed by atoms with Gasteiger partial charge in [0.25, 0.3) is 5.56 Å². The van der Waals surface area contributed by atoms with Crippen molar-refractivity contribution in [2.24, 2.45) is 5.73 Å². The fraction of sp³-hybridized carbons (Fsp3) is 0.636. The molecule has 3 N–H and O–H groups in total. The van der Waals surface area contributed by atoms with E-state index in [9.17, 15) is 4.79 Å². The van der Waals surface area contributed by atoms with Crippen molar-refractivity contribution in [1.29, 1.82) is 0 Å². The lowest BCUT2D eigenvalue weighted by molar-refractivity contribution is 0.265. The Morgan fingerprint density at radius 2 is 2.35 bits per heavy atom. The number of rotatable bonds is 4. The van der Waals surface area contributed by atoms with Gasteiger partial charge in [-0.2, -0.15) is 5.10 Å². The second-order valence-corrected chi connectivity index (χ2v) is 5.36. The molecule has 0 saturated heterocycles. The Morgan fingerprint density at radius 3 is 2.88 bits per heavy atom. The van der Waals surface area contributed by atoms with E-state index in [4.69, 9.17) is 5.73 Å². The number of anilines is 1. The highest BCUT2D eigenvalue weighted by Gasteiger charge is 2.32. The minimum atomic E-state index is -0.114. The molecule has 5 nitrogen and oxygen atoms in total. The molecule has 0 amide bonds. The maximum Gasteiger partial charge on any atom is 0.283 e. The van der Waals surface area contributed by atoms with E-state index in [1.807, 2.05) is 6.92 Å². The fourth-order valence-corrected chi connectivity index (χ4v) is 2.34. The van der Waals surface area contributed by atoms with Gasteiger partial charge in [-0.15, -0.1) is 0 Å². The molecule has 1 aromatic heterocycles. The summed E-state index contributed by atoms with van der Waals surface area (Å²) >= 11 is 3.30. The summed E-state index contributed by atoms with van der Waals surface area (Å²) in [5.74, 6) is 0. The van der Waals surface area contributed by atoms with Gasteiger partial charge in [-0.25, -0.2) is 4.68 Å². The van der Waals surface area contributed by atoms with Crippen molar-refractivity contribution in [2.75, 3.05) is 11.9 Å². The van der Waals surface area contributed by atoms with Crippen LogP contribution in [0.15, 0.2) is 15.5 Å². The van der Waals surface area contributed by atoms with Crippen molar-refractivity contribution in [3.05, 3.63) is 21.0 Å². The highest BCUT2D eigenvalue weighted by Crippen LogP contribution is 2.29. The van der Waals surface area contributed by atoms with Crippen LogP contribution in [-0.2, 0) is 6.54 Å². The molecule has 94 valence electrons. The van der Waals surface area contributed by atoms with Crippen LogP contribution in [-0.4, -0.2) is 21.9 Å². The first-order chi connectivity index (χ1) is 8.06. The lowest BCUT2D eigenvalue weighted by atomic mass is 9.78. The summed E-state index contributed by atoms with van der Waals surface area (Å²) in [4.78, 5) is 11.8. The Kier molecular flexibility index (Phi) is 3.53. The van der Waals surface area contributed by atoms with Crippen LogP contribution in [0.25, 0.3) is 0 Å². The average Bonchev–Trinajstić information content (AvgIpc) is 2.29. The minimum Gasteiger partial charge on any atom is -0.381 e. The molecule has 6 heteroatoms. The van der Waals surface area contributed by atoms with E-state index in [-0.39, 0.29) is 11.1 Å². The lowest BCUT2D eigenvalue weighted by Gasteiger charge is -2.38. The van der Waals surface area contributed by atoms with Crippen LogP contribution in [0.3, 0.4) is 0 Å². The first-order valence-corrected chi connectivity index (χ1v) is 6.63. The normalized spacial score (nSPS) is 17.6. The van der Waals surface area contributed by atoms with Crippen molar-refractivity contribution in [1.82, 2.24) is 9.78 Å². The van der Waals surface area contributed by atoms with Crippen molar-refractivity contribution >= 4 is 21.6 Å². The van der Waals surface area contributed by atoms with Gasteiger partial charge < -0.3 is 11.1 Å². The van der Waals surface area contributed by atoms with Crippen LogP contribution in [0.1, 0.15) is 26.2 Å². The van der Waals surface area contributed by atoms with Gasteiger partial charge in [-0.1, -0.05) is 0 Å². The Bertz CT molecular complexity index is 467. The van der Waals surface area contributed by atoms with Gasteiger partial charge in [0.05, 0.1) is 11.9 Å². The van der Waals surface area contributed by atoms with Gasteiger partial charge in [0.1, 0.15) is 4.47 Å². The molecule has 2 rings (SSSR count). The summed E-state index contributed by atoms with van der Waals surface area (Å²) in [5.41, 5.74) is 6.61. The Labute approximate surface area is 109 Å². The van der Waals surface area contributed by atoms with E-state index >= 15 is 0 Å². The van der Waals surface area contributed by atoms with Gasteiger partial charge in [0, 0.05) is 18.6 Å². The average molecular weight is 301 g/mol. The van der Waals surface area contributed by atoms with E-state index in [2.05, 4.69) is 26.3 Å². The predicted molar refractivity (Wildman–Crippen MR) is 71.1 cm³/mol. The highest BCUT2D eigenvalue weighted by molar-refractivity contribution is 9.10. The Morgan fingerprint density at radius 1 is 1.65 bits per heavy atom. The topological polar surface area (TPSA) is 72.9 Å². The van der Waals surface area contributed by atoms with E-state index in [0.29, 0.717) is 17.6 Å². The van der Waals surface area contributed by atoms with Crippen molar-refractivity contribution in [3.63, 3.8) is 0 Å². The number of nitrogens with two attached hydrogens (primary N) is 1. The molecule has 0 aromatic carbocycles. The predicted octanol–water partition coefficient (Wildman–Crippen LogP) is 1.32. The molecule has 0 radical (unpaired) electrons. The van der Waals surface area contributed by atoms with E-state index in [1.54, 1.807) is 6.20 Å². The largest absolute Gasteiger partial charge is 0.381 e. The fourth-order valence-electron chi connectivity index (χ4n) is 1.89. The molecule has 0 bridgehead atoms. The Balaban J connectivity index is 2.11. The third-order valence-electron chi connectivity index (χ3n) is 3.26. The first kappa shape index (κ1) is 12.6. The number of hydrogen-bond acceptors (Lipinski definition) is 4. The zero-order valence-electron chi connectivity index (χ0n) is 9.87. The molecule has 0 atom stereocenters. The highest BCUT2D eigenvalue weighted by atomic mass is 79.9. The SMILES string of the molecule is CCn1ncc(NCC2(N)CCC2)c(Br)c1=O. The van der Waals surface area contributed by atoms with E-state index in [1.165, 1.54) is 11.1 Å². The smallest absolute Gasteiger partial charge is 0.283 e. The quantitative estimate of drug-likeness (QED) is 0.879. The Hall–Kier alpha value is -0.880. The number of aromatic nitrogens is 2. The summed E-state index contributed by atoms with van der Waals surface area (Å²) in [6.07, 6.45) is 4.93. The molecule has 0 unspecified atom stereocenters. The number of halogens is 1. The summed E-state index contributed by atoms with van der Waals surface area (Å²) in [7, 11) is 0. The second kappa shape index (κ2) is 4.78. The number of nitrogens with zero attached hydrogens (tertiary/aromatic N) is 2. The molecule has 1 aliphatic carbocycles. The second-order valence-electron chi connectivity index (χ2n) is 4.56. The van der Waals surface area contributed by atoms with Gasteiger partial charge in [0.2, 0.25) is 0 Å². The summed E-state index contributed by atoms with van der Waals surface area (Å²) < 4.78 is 1.94. The molecule has 1 aromatic rings. The van der Waals surface area contributed by atoms with Crippen molar-refractivity contribution < 1.29 is 0 Å². The van der Waals surface area contributed by atoms with E-state index in [0.717, 1.165) is 18.5 Å². The van der Waals surface area contributed by atoms with Gasteiger partial charge in [-0.05, 0) is 42.1 Å². The van der Waals surface area contributed by atoms with Crippen LogP contribution >= 0.6 is 15.9 Å². The molecule has 0 spiro atoms. The van der Waals surface area contributed by atoms with Crippen LogP contribution in [0.2, 0.25) is 0 Å². The molecule has 1 heterocycles. The third-order valence-corrected chi connectivity index (χ3v) is 4.03. The standard InChI is InChI=1S/C11H17BrN4O/c1-2-16-10(17)9(12)8(6-15-16)14-7-11(13)4-3-5-11/h6,14H,2-5,7,13H2,1H3. The van der Waals surface area contributed by atoms with E-state index < -0.39 is 0 Å². The maximum absolute atomic E-state index is 11.8. The van der Waals surface area contributed by atoms with Gasteiger partial charge >= 0.3 is 0 Å². The first-order valence-electron chi connectivity index (χ1n) is 5.84. The molecule has 17 heavy (non-hydrogen) atoms. The molecule has 0 aliphatic heterocycles. The van der Waals surface area contributed by atoms with Crippen molar-refractivity contribution in [3.8, 4) is 0 Å². The molecular weight excluding hydrogens is 284 g/mol. The van der Waals surface area contributed by atoms with Gasteiger partial charge in [-0.3, -0.25) is 4.79 Å². The number of nitrogens with one attached hydrogen (secondary N) is 1. The minimum absolute atomic E-state index is 0.112. The summed E-state index contributed by atoms with van der Waals surface area (Å²) in [6, 6.07) is 0. The molecule has 1 fully saturated rings. The zero-order valence-corrected chi connectivity index (χ0v) is 11.5. The molecular formula is C11H17BrN4O. The monoisotopic (exact) mass is 300 g/mol. The molecule has 1 saturated carbocycles. The summed E-state index contributed by atoms with van der Waals surface area (Å²) in [6.45, 7) is 3.14. The zero-order chi connectivity index (χ0) is 12.5. The summed E-state index contributed by atoms with van der Waals surface area (Å²) in [5, 5.41) is 7.27. The third kappa shape index (κ3) is 2.52. The number of aryl methyl sites for hydroxylation is 1. The molecule has 1 aliphatic rings. The van der Waals surface area contributed by atoms with Crippen LogP contribution < -0.4 is 16.6 Å². The van der Waals surface area contributed by atoms with Gasteiger partial charge in [0.15, 0.2) is 0 Å². The van der Waals surface area contributed by atoms with Crippen LogP contribution in [0.5, 0.6) is 0 Å². The van der Waals surface area contributed by atoms with Crippen LogP contribution in [0.4, 0.5) is 5.69 Å². The van der Waals surface area contributed by atoms with Crippen molar-refractivity contribution in [2.45, 2.75) is 38.3 Å². The van der Waals surface area contributed by atoms with Crippen LogP contribution in [0, 0.1) is 0 Å². The lowest BCUT2D eigenvalue weighted by Crippen LogP contribution is -2.52. The number of hydrogen-bond donors (Lipinski definition) is 2.